The van der Waals surface area contributed by atoms with Crippen molar-refractivity contribution in [2.45, 2.75) is 0 Å². The summed E-state index contributed by atoms with van der Waals surface area (Å²) in [5.74, 6) is 0.324. The van der Waals surface area contributed by atoms with Crippen molar-refractivity contribution in [2.24, 2.45) is 11.8 Å². The maximum atomic E-state index is 4.65. The molecule has 0 aromatic heterocycles. The minimum Gasteiger partial charge on any atom is -0.102 e. The third-order valence-corrected chi connectivity index (χ3v) is 8.11. The van der Waals surface area contributed by atoms with Gasteiger partial charge in [-0.2, -0.15) is 0 Å². The van der Waals surface area contributed by atoms with Gasteiger partial charge in [-0.3, -0.25) is 0 Å². The summed E-state index contributed by atoms with van der Waals surface area (Å²) in [6.45, 7) is 17.3. The molecule has 2 atom stereocenters. The molecule has 0 fully saturated rings. The molecule has 40 heavy (non-hydrogen) atoms. The largest absolute Gasteiger partial charge is 0.102 e. The molecule has 1 aliphatic rings. The Hall–Kier alpha value is -4.94. The van der Waals surface area contributed by atoms with E-state index in [-0.39, 0.29) is 11.8 Å². The van der Waals surface area contributed by atoms with Crippen LogP contribution in [0.15, 0.2) is 148 Å². The normalized spacial score (nSPS) is 16.2. The molecule has 1 aliphatic carbocycles. The van der Waals surface area contributed by atoms with Gasteiger partial charge in [-0.25, -0.2) is 0 Å². The lowest BCUT2D eigenvalue weighted by molar-refractivity contribution is 0.687. The molecule has 0 aliphatic heterocycles. The van der Waals surface area contributed by atoms with Crippen LogP contribution in [0.5, 0.6) is 0 Å². The van der Waals surface area contributed by atoms with Crippen molar-refractivity contribution in [2.75, 3.05) is 0 Å². The quantitative estimate of drug-likeness (QED) is 0.190. The Kier molecular flexibility index (Phi) is 6.76. The Morgan fingerprint density at radius 2 is 1.25 bits per heavy atom. The summed E-state index contributed by atoms with van der Waals surface area (Å²) < 4.78 is 0. The molecule has 192 valence electrons. The number of hydrogen-bond donors (Lipinski definition) is 0. The molecule has 0 heteroatoms. The average molecular weight is 513 g/mol. The Bertz CT molecular complexity index is 1860. The monoisotopic (exact) mass is 512 g/mol. The first-order valence-corrected chi connectivity index (χ1v) is 13.7. The first kappa shape index (κ1) is 25.3. The van der Waals surface area contributed by atoms with E-state index in [2.05, 4.69) is 142 Å². The molecule has 0 bridgehead atoms. The highest BCUT2D eigenvalue weighted by Gasteiger charge is 2.25. The van der Waals surface area contributed by atoms with Gasteiger partial charge in [-0.1, -0.05) is 141 Å². The Morgan fingerprint density at radius 3 is 1.98 bits per heavy atom. The van der Waals surface area contributed by atoms with Crippen molar-refractivity contribution in [3.63, 3.8) is 0 Å². The smallest absolute Gasteiger partial charge is 0.0119 e. The topological polar surface area (TPSA) is 0 Å². The van der Waals surface area contributed by atoms with Crippen molar-refractivity contribution in [1.29, 1.82) is 0 Å². The van der Waals surface area contributed by atoms with Gasteiger partial charge in [-0.15, -0.1) is 6.58 Å². The molecule has 5 aromatic carbocycles. The Labute approximate surface area is 237 Å². The fraction of sp³-hybridized carbons (Fsp3) is 0.0500. The summed E-state index contributed by atoms with van der Waals surface area (Å²) in [7, 11) is 0. The van der Waals surface area contributed by atoms with Crippen molar-refractivity contribution in [3.05, 3.63) is 164 Å². The predicted octanol–water partition coefficient (Wildman–Crippen LogP) is 11.2. The zero-order valence-electron chi connectivity index (χ0n) is 22.7. The highest BCUT2D eigenvalue weighted by Crippen LogP contribution is 2.45. The molecular weight excluding hydrogens is 480 g/mol. The maximum Gasteiger partial charge on any atom is 0.0119 e. The van der Waals surface area contributed by atoms with Gasteiger partial charge < -0.3 is 0 Å². The Morgan fingerprint density at radius 1 is 0.600 bits per heavy atom. The van der Waals surface area contributed by atoms with E-state index in [9.17, 15) is 0 Å². The predicted molar refractivity (Wildman–Crippen MR) is 177 cm³/mol. The van der Waals surface area contributed by atoms with Crippen LogP contribution in [0.1, 0.15) is 16.7 Å². The molecule has 0 nitrogen and oxygen atoms in total. The molecule has 5 aromatic rings. The fourth-order valence-electron chi connectivity index (χ4n) is 6.14. The van der Waals surface area contributed by atoms with Gasteiger partial charge >= 0.3 is 0 Å². The van der Waals surface area contributed by atoms with Crippen molar-refractivity contribution in [3.8, 4) is 22.3 Å². The second-order valence-corrected chi connectivity index (χ2v) is 10.3. The summed E-state index contributed by atoms with van der Waals surface area (Å²) in [5.41, 5.74) is 9.10. The number of hydrogen-bond acceptors (Lipinski definition) is 0. The third kappa shape index (κ3) is 4.28. The first-order chi connectivity index (χ1) is 19.6. The zero-order chi connectivity index (χ0) is 27.6. The highest BCUT2D eigenvalue weighted by atomic mass is 14.3. The molecule has 0 spiro atoms. The van der Waals surface area contributed by atoms with Gasteiger partial charge in [0, 0.05) is 11.8 Å². The van der Waals surface area contributed by atoms with Crippen LogP contribution in [-0.2, 0) is 0 Å². The summed E-state index contributed by atoms with van der Waals surface area (Å²) in [6, 6.07) is 32.6. The lowest BCUT2D eigenvalue weighted by Crippen LogP contribution is -2.13. The number of benzene rings is 5. The van der Waals surface area contributed by atoms with Crippen LogP contribution < -0.4 is 0 Å². The van der Waals surface area contributed by atoms with Crippen molar-refractivity contribution < 1.29 is 0 Å². The molecule has 0 radical (unpaired) electrons. The van der Waals surface area contributed by atoms with Gasteiger partial charge in [0.25, 0.3) is 0 Å². The van der Waals surface area contributed by atoms with Crippen LogP contribution in [0.3, 0.4) is 0 Å². The van der Waals surface area contributed by atoms with E-state index in [1.807, 2.05) is 18.2 Å². The third-order valence-electron chi connectivity index (χ3n) is 8.11. The molecule has 0 N–H and O–H groups in total. The first-order valence-electron chi connectivity index (χ1n) is 13.7. The van der Waals surface area contributed by atoms with Gasteiger partial charge in [0.2, 0.25) is 0 Å². The minimum absolute atomic E-state index is 0.130. The number of rotatable bonds is 7. The van der Waals surface area contributed by atoms with E-state index in [0.29, 0.717) is 0 Å². The minimum atomic E-state index is 0.130. The van der Waals surface area contributed by atoms with Gasteiger partial charge in [0.1, 0.15) is 0 Å². The molecule has 6 rings (SSSR count). The lowest BCUT2D eigenvalue weighted by atomic mass is 9.76. The molecule has 0 saturated carbocycles. The van der Waals surface area contributed by atoms with Crippen molar-refractivity contribution >= 4 is 39.3 Å². The second kappa shape index (κ2) is 10.7. The lowest BCUT2D eigenvalue weighted by Gasteiger charge is -2.28. The van der Waals surface area contributed by atoms with Crippen LogP contribution in [0.4, 0.5) is 0 Å². The summed E-state index contributed by atoms with van der Waals surface area (Å²) in [4.78, 5) is 0. The van der Waals surface area contributed by atoms with Crippen molar-refractivity contribution in [1.82, 2.24) is 0 Å². The van der Waals surface area contributed by atoms with Crippen LogP contribution in [0.2, 0.25) is 0 Å². The molecule has 0 heterocycles. The highest BCUT2D eigenvalue weighted by molar-refractivity contribution is 6.10. The van der Waals surface area contributed by atoms with E-state index in [1.165, 1.54) is 38.2 Å². The second-order valence-electron chi connectivity index (χ2n) is 10.3. The summed E-state index contributed by atoms with van der Waals surface area (Å²) in [6.07, 6.45) is 14.6. The van der Waals surface area contributed by atoms with E-state index in [4.69, 9.17) is 0 Å². The van der Waals surface area contributed by atoms with E-state index >= 15 is 0 Å². The van der Waals surface area contributed by atoms with Gasteiger partial charge in [-0.05, 0) is 78.2 Å². The maximum absolute atomic E-state index is 4.65. The molecule has 2 unspecified atom stereocenters. The molecular formula is C40H32. The van der Waals surface area contributed by atoms with Crippen LogP contribution >= 0.6 is 0 Å². The average Bonchev–Trinajstić information content (AvgIpc) is 3.03. The molecule has 0 amide bonds. The Balaban J connectivity index is 1.59. The zero-order valence-corrected chi connectivity index (χ0v) is 22.7. The van der Waals surface area contributed by atoms with Gasteiger partial charge in [0.05, 0.1) is 0 Å². The SMILES string of the molecule is C=Cc1c(C=C)c(-c2ccc3ccc(-c4ccccc4)cc3c2)c2ccccc2c1C(=C)C1C=CC=CC1C=C. The molecule has 0 saturated heterocycles. The van der Waals surface area contributed by atoms with Crippen LogP contribution in [-0.4, -0.2) is 0 Å². The van der Waals surface area contributed by atoms with Crippen LogP contribution in [0.25, 0.3) is 61.5 Å². The van der Waals surface area contributed by atoms with E-state index < -0.39 is 0 Å². The fourth-order valence-corrected chi connectivity index (χ4v) is 6.14. The summed E-state index contributed by atoms with van der Waals surface area (Å²) in [5, 5.41) is 4.78. The van der Waals surface area contributed by atoms with E-state index in [0.717, 1.165) is 27.8 Å². The van der Waals surface area contributed by atoms with Gasteiger partial charge in [0.15, 0.2) is 0 Å². The van der Waals surface area contributed by atoms with Crippen LogP contribution in [0, 0.1) is 11.8 Å². The standard InChI is InChI=1S/C40H32/c1-5-28-15-11-12-18-36(28)27(4)39-34(6-2)35(7-3)40(38-20-14-13-19-37(38)39)32-24-22-30-21-23-31(25-33(30)26-32)29-16-9-8-10-17-29/h5-26,28,36H,1-4H2. The van der Waals surface area contributed by atoms with E-state index in [1.54, 1.807) is 0 Å². The number of fused-ring (bicyclic) bond motifs is 2. The number of allylic oxidation sites excluding steroid dienone is 6. The summed E-state index contributed by atoms with van der Waals surface area (Å²) >= 11 is 0.